The molecule has 0 bridgehead atoms. The number of hydrogen-bond donors (Lipinski definition) is 0. The molecule has 2 nitrogen and oxygen atoms in total. The number of rotatable bonds is 2. The van der Waals surface area contributed by atoms with Crippen LogP contribution in [0.15, 0.2) is 0 Å². The Balaban J connectivity index is 4.40. The average molecular weight is 166 g/mol. The number of nitrogens with zero attached hydrogens (tertiary/aromatic N) is 2. The van der Waals surface area contributed by atoms with Crippen molar-refractivity contribution in [3.05, 3.63) is 0 Å². The third-order valence-corrected chi connectivity index (χ3v) is 5.21. The minimum absolute atomic E-state index is 0.262. The molecule has 60 valence electrons. The van der Waals surface area contributed by atoms with Crippen molar-refractivity contribution in [2.24, 2.45) is 5.92 Å². The average Bonchev–Trinajstić information content (AvgIpc) is 1.88. The largest absolute Gasteiger partial charge is 0.197 e. The Bertz CT molecular complexity index is 190. The fourth-order valence-corrected chi connectivity index (χ4v) is 1.90. The van der Waals surface area contributed by atoms with Gasteiger partial charge in [-0.25, -0.2) is 0 Å². The van der Waals surface area contributed by atoms with Crippen LogP contribution in [0.5, 0.6) is 0 Å². The number of hydrogen-bond acceptors (Lipinski definition) is 2. The van der Waals surface area contributed by atoms with Gasteiger partial charge in [-0.3, -0.25) is 0 Å². The summed E-state index contributed by atoms with van der Waals surface area (Å²) in [6.07, 6.45) is 0. The van der Waals surface area contributed by atoms with E-state index in [0.29, 0.717) is 0 Å². The van der Waals surface area contributed by atoms with Crippen molar-refractivity contribution in [1.82, 2.24) is 0 Å². The van der Waals surface area contributed by atoms with E-state index in [1.807, 2.05) is 19.1 Å². The molecule has 0 aromatic heterocycles. The number of nitriles is 2. The van der Waals surface area contributed by atoms with Crippen molar-refractivity contribution in [1.29, 1.82) is 10.5 Å². The molecule has 0 aliphatic heterocycles. The Hall–Kier alpha value is -0.803. The summed E-state index contributed by atoms with van der Waals surface area (Å²) < 4.78 is 0. The lowest BCUT2D eigenvalue weighted by Gasteiger charge is -2.25. The predicted molar refractivity (Wildman–Crippen MR) is 47.5 cm³/mol. The van der Waals surface area contributed by atoms with Crippen LogP contribution in [0, 0.1) is 28.6 Å². The summed E-state index contributed by atoms with van der Waals surface area (Å²) in [5.41, 5.74) is 0.262. The lowest BCUT2D eigenvalue weighted by molar-refractivity contribution is 0.768. The van der Waals surface area contributed by atoms with Gasteiger partial charge in [-0.2, -0.15) is 10.5 Å². The molecule has 0 amide bonds. The fraction of sp³-hybridized carbons (Fsp3) is 0.750. The summed E-state index contributed by atoms with van der Waals surface area (Å²) >= 11 is 0. The molecule has 0 aliphatic carbocycles. The summed E-state index contributed by atoms with van der Waals surface area (Å²) in [7, 11) is -1.31. The fourth-order valence-electron chi connectivity index (χ4n) is 0.752. The van der Waals surface area contributed by atoms with E-state index in [1.165, 1.54) is 0 Å². The van der Waals surface area contributed by atoms with Crippen molar-refractivity contribution in [2.45, 2.75) is 32.1 Å². The monoisotopic (exact) mass is 166 g/mol. The molecule has 0 spiro atoms. The Labute approximate surface area is 69.5 Å². The van der Waals surface area contributed by atoms with Crippen LogP contribution in [0.2, 0.25) is 25.2 Å². The van der Waals surface area contributed by atoms with Gasteiger partial charge < -0.3 is 0 Å². The first-order chi connectivity index (χ1) is 4.93. The van der Waals surface area contributed by atoms with Gasteiger partial charge in [0.15, 0.2) is 0 Å². The maximum Gasteiger partial charge on any atom is 0.133 e. The molecule has 1 atom stereocenters. The van der Waals surface area contributed by atoms with Crippen molar-refractivity contribution >= 4 is 8.07 Å². The van der Waals surface area contributed by atoms with Gasteiger partial charge in [-0.15, -0.1) is 0 Å². The van der Waals surface area contributed by atoms with Gasteiger partial charge in [0.2, 0.25) is 0 Å². The third kappa shape index (κ3) is 2.74. The molecule has 0 rings (SSSR count). The molecule has 0 saturated carbocycles. The summed E-state index contributed by atoms with van der Waals surface area (Å²) in [6, 6.07) is 4.06. The topological polar surface area (TPSA) is 47.6 Å². The van der Waals surface area contributed by atoms with E-state index in [1.54, 1.807) is 0 Å². The molecule has 0 N–H and O–H groups in total. The molecule has 0 radical (unpaired) electrons. The molecule has 3 heteroatoms. The van der Waals surface area contributed by atoms with Crippen molar-refractivity contribution in [3.8, 4) is 12.1 Å². The quantitative estimate of drug-likeness (QED) is 0.591. The van der Waals surface area contributed by atoms with E-state index >= 15 is 0 Å². The molecule has 0 heterocycles. The van der Waals surface area contributed by atoms with Gasteiger partial charge in [0.1, 0.15) is 5.92 Å². The van der Waals surface area contributed by atoms with Crippen LogP contribution in [0.3, 0.4) is 0 Å². The lowest BCUT2D eigenvalue weighted by atomic mass is 10.1. The Morgan fingerprint density at radius 2 is 1.45 bits per heavy atom. The van der Waals surface area contributed by atoms with Gasteiger partial charge in [0, 0.05) is 8.07 Å². The standard InChI is InChI=1S/C8H14N2Si/c1-7(11(2,3)4)8(5-9)6-10/h7-8H,1-4H3. The van der Waals surface area contributed by atoms with E-state index in [2.05, 4.69) is 19.6 Å². The van der Waals surface area contributed by atoms with E-state index in [-0.39, 0.29) is 5.54 Å². The van der Waals surface area contributed by atoms with E-state index in [9.17, 15) is 0 Å². The SMILES string of the molecule is CC(C(C#N)C#N)[Si](C)(C)C. The Morgan fingerprint density at radius 3 is 1.55 bits per heavy atom. The normalized spacial score (nSPS) is 13.7. The van der Waals surface area contributed by atoms with Crippen molar-refractivity contribution < 1.29 is 0 Å². The second-order valence-corrected chi connectivity index (χ2v) is 9.53. The van der Waals surface area contributed by atoms with Gasteiger partial charge in [-0.05, 0) is 5.54 Å². The van der Waals surface area contributed by atoms with Gasteiger partial charge in [0.05, 0.1) is 12.1 Å². The first-order valence-electron chi connectivity index (χ1n) is 3.72. The minimum atomic E-state index is -1.31. The van der Waals surface area contributed by atoms with Crippen LogP contribution in [-0.2, 0) is 0 Å². The summed E-state index contributed by atoms with van der Waals surface area (Å²) in [4.78, 5) is 0. The van der Waals surface area contributed by atoms with E-state index < -0.39 is 14.0 Å². The lowest BCUT2D eigenvalue weighted by Crippen LogP contribution is -2.30. The molecule has 0 aliphatic rings. The molecule has 0 aromatic carbocycles. The second kappa shape index (κ2) is 3.55. The van der Waals surface area contributed by atoms with Crippen LogP contribution >= 0.6 is 0 Å². The smallest absolute Gasteiger partial charge is 0.133 e. The first-order valence-corrected chi connectivity index (χ1v) is 7.30. The van der Waals surface area contributed by atoms with Crippen LogP contribution < -0.4 is 0 Å². The van der Waals surface area contributed by atoms with Gasteiger partial charge >= 0.3 is 0 Å². The minimum Gasteiger partial charge on any atom is -0.197 e. The summed E-state index contributed by atoms with van der Waals surface area (Å²) in [5.74, 6) is -0.415. The van der Waals surface area contributed by atoms with E-state index in [4.69, 9.17) is 10.5 Å². The molecule has 0 fully saturated rings. The molecule has 1 unspecified atom stereocenters. The zero-order valence-corrected chi connectivity index (χ0v) is 8.55. The highest BCUT2D eigenvalue weighted by atomic mass is 28.3. The molecule has 0 aromatic rings. The van der Waals surface area contributed by atoms with Gasteiger partial charge in [-0.1, -0.05) is 26.6 Å². The maximum absolute atomic E-state index is 8.61. The van der Waals surface area contributed by atoms with E-state index in [0.717, 1.165) is 0 Å². The van der Waals surface area contributed by atoms with Crippen LogP contribution in [0.25, 0.3) is 0 Å². The Morgan fingerprint density at radius 1 is 1.09 bits per heavy atom. The van der Waals surface area contributed by atoms with Crippen LogP contribution in [0.4, 0.5) is 0 Å². The molecular formula is C8H14N2Si. The van der Waals surface area contributed by atoms with Gasteiger partial charge in [0.25, 0.3) is 0 Å². The molecule has 11 heavy (non-hydrogen) atoms. The third-order valence-electron chi connectivity index (χ3n) is 2.14. The summed E-state index contributed by atoms with van der Waals surface area (Å²) in [6.45, 7) is 8.54. The zero-order valence-electron chi connectivity index (χ0n) is 7.55. The first kappa shape index (κ1) is 10.2. The van der Waals surface area contributed by atoms with Crippen molar-refractivity contribution in [2.75, 3.05) is 0 Å². The highest BCUT2D eigenvalue weighted by Crippen LogP contribution is 2.28. The molecular weight excluding hydrogens is 152 g/mol. The van der Waals surface area contributed by atoms with Crippen LogP contribution in [-0.4, -0.2) is 8.07 Å². The highest BCUT2D eigenvalue weighted by molar-refractivity contribution is 6.77. The Kier molecular flexibility index (Phi) is 3.29. The zero-order chi connectivity index (χ0) is 9.07. The second-order valence-electron chi connectivity index (χ2n) is 3.89. The van der Waals surface area contributed by atoms with Crippen molar-refractivity contribution in [3.63, 3.8) is 0 Å². The van der Waals surface area contributed by atoms with Crippen LogP contribution in [0.1, 0.15) is 6.92 Å². The summed E-state index contributed by atoms with van der Waals surface area (Å²) in [5, 5.41) is 17.2. The molecule has 0 saturated heterocycles. The maximum atomic E-state index is 8.61. The highest BCUT2D eigenvalue weighted by Gasteiger charge is 2.29. The predicted octanol–water partition coefficient (Wildman–Crippen LogP) is 2.38.